The van der Waals surface area contributed by atoms with Gasteiger partial charge in [0.15, 0.2) is 0 Å². The van der Waals surface area contributed by atoms with Gasteiger partial charge in [0.05, 0.1) is 17.8 Å². The molecule has 1 rings (SSSR count). The number of hydrogen-bond acceptors (Lipinski definition) is 4. The first kappa shape index (κ1) is 22.3. The summed E-state index contributed by atoms with van der Waals surface area (Å²) in [6.07, 6.45) is 2.41. The minimum Gasteiger partial charge on any atom is -0.481 e. The Labute approximate surface area is 168 Å². The summed E-state index contributed by atoms with van der Waals surface area (Å²) in [6.45, 7) is 6.17. The summed E-state index contributed by atoms with van der Waals surface area (Å²) >= 11 is 3.79. The van der Waals surface area contributed by atoms with Gasteiger partial charge in [0, 0.05) is 3.57 Å². The third-order valence-electron chi connectivity index (χ3n) is 4.35. The summed E-state index contributed by atoms with van der Waals surface area (Å²) in [5, 5.41) is 9.76. The first-order valence-electron chi connectivity index (χ1n) is 8.52. The molecule has 0 aliphatic rings. The molecule has 6 heteroatoms. The number of ether oxygens (including phenoxy) is 1. The maximum absolute atomic E-state index is 11.9. The van der Waals surface area contributed by atoms with Gasteiger partial charge in [-0.1, -0.05) is 19.1 Å². The lowest BCUT2D eigenvalue weighted by Crippen LogP contribution is -2.33. The fraction of sp³-hybridized carbons (Fsp3) is 0.579. The zero-order valence-electron chi connectivity index (χ0n) is 15.1. The zero-order chi connectivity index (χ0) is 18.9. The van der Waals surface area contributed by atoms with Gasteiger partial charge in [-0.15, -0.1) is 0 Å². The van der Waals surface area contributed by atoms with Crippen LogP contribution in [0, 0.1) is 9.49 Å². The predicted octanol–water partition coefficient (Wildman–Crippen LogP) is 4.74. The van der Waals surface area contributed by atoms with Crippen molar-refractivity contribution in [2.24, 2.45) is 5.92 Å². The molecule has 0 fully saturated rings. The molecular weight excluding hydrogens is 451 g/mol. The Morgan fingerprint density at radius 1 is 1.36 bits per heavy atom. The number of rotatable bonds is 11. The van der Waals surface area contributed by atoms with Crippen molar-refractivity contribution in [3.63, 3.8) is 0 Å². The average Bonchev–Trinajstić information content (AvgIpc) is 2.56. The Kier molecular flexibility index (Phi) is 9.86. The number of carboxylic acids is 1. The van der Waals surface area contributed by atoms with E-state index in [0.29, 0.717) is 24.7 Å². The Morgan fingerprint density at radius 3 is 2.68 bits per heavy atom. The molecule has 2 unspecified atom stereocenters. The maximum atomic E-state index is 11.9. The van der Waals surface area contributed by atoms with Crippen LogP contribution in [-0.4, -0.2) is 35.2 Å². The molecule has 0 saturated carbocycles. The van der Waals surface area contributed by atoms with E-state index in [-0.39, 0.29) is 5.97 Å². The van der Waals surface area contributed by atoms with Gasteiger partial charge in [0.2, 0.25) is 0 Å². The van der Waals surface area contributed by atoms with Gasteiger partial charge in [-0.3, -0.25) is 9.59 Å². The molecule has 1 aromatic rings. The van der Waals surface area contributed by atoms with Gasteiger partial charge in [-0.05, 0) is 85.1 Å². The first-order chi connectivity index (χ1) is 11.8. The van der Waals surface area contributed by atoms with Crippen LogP contribution in [0.1, 0.15) is 45.6 Å². The molecule has 0 saturated heterocycles. The fourth-order valence-corrected chi connectivity index (χ4v) is 4.04. The first-order valence-corrected chi connectivity index (χ1v) is 10.8. The standard InChI is InChI=1S/C19H27IO4S/c1-4-24-17(21)13-25-11-9-14(2)8-10-19(3,18(22)23)15-6-5-7-16(20)12-15/h5-7,12,14H,4,8-11,13H2,1-3H3,(H,22,23). The van der Waals surface area contributed by atoms with E-state index in [2.05, 4.69) is 29.5 Å². The number of aliphatic carboxylic acids is 1. The van der Waals surface area contributed by atoms with E-state index in [1.807, 2.05) is 31.2 Å². The number of benzene rings is 1. The van der Waals surface area contributed by atoms with Gasteiger partial charge >= 0.3 is 11.9 Å². The largest absolute Gasteiger partial charge is 0.481 e. The summed E-state index contributed by atoms with van der Waals surface area (Å²) < 4.78 is 5.95. The average molecular weight is 478 g/mol. The second-order valence-corrected chi connectivity index (χ2v) is 8.79. The van der Waals surface area contributed by atoms with Gasteiger partial charge in [0.1, 0.15) is 0 Å². The van der Waals surface area contributed by atoms with Crippen LogP contribution in [0.4, 0.5) is 0 Å². The number of carbonyl (C=O) groups is 2. The van der Waals surface area contributed by atoms with Crippen molar-refractivity contribution in [2.45, 2.75) is 45.4 Å². The smallest absolute Gasteiger partial charge is 0.315 e. The van der Waals surface area contributed by atoms with Crippen molar-refractivity contribution in [1.82, 2.24) is 0 Å². The zero-order valence-corrected chi connectivity index (χ0v) is 18.1. The third-order valence-corrected chi connectivity index (χ3v) is 5.99. The SMILES string of the molecule is CCOC(=O)CSCCC(C)CCC(C)(C(=O)O)c1cccc(I)c1. The van der Waals surface area contributed by atoms with Crippen LogP contribution in [0.3, 0.4) is 0 Å². The van der Waals surface area contributed by atoms with Crippen molar-refractivity contribution in [3.05, 3.63) is 33.4 Å². The Balaban J connectivity index is 2.49. The lowest BCUT2D eigenvalue weighted by Gasteiger charge is -2.27. The van der Waals surface area contributed by atoms with Crippen LogP contribution in [-0.2, 0) is 19.7 Å². The van der Waals surface area contributed by atoms with Crippen molar-refractivity contribution >= 4 is 46.3 Å². The molecule has 0 aromatic heterocycles. The monoisotopic (exact) mass is 478 g/mol. The van der Waals surface area contributed by atoms with Gasteiger partial charge in [0.25, 0.3) is 0 Å². The molecule has 140 valence electrons. The number of hydrogen-bond donors (Lipinski definition) is 1. The van der Waals surface area contributed by atoms with Crippen molar-refractivity contribution in [3.8, 4) is 0 Å². The summed E-state index contributed by atoms with van der Waals surface area (Å²) in [4.78, 5) is 23.2. The minimum atomic E-state index is -0.868. The van der Waals surface area contributed by atoms with Crippen molar-refractivity contribution < 1.29 is 19.4 Å². The van der Waals surface area contributed by atoms with E-state index < -0.39 is 11.4 Å². The molecule has 0 heterocycles. The quantitative estimate of drug-likeness (QED) is 0.283. The molecule has 0 aliphatic heterocycles. The highest BCUT2D eigenvalue weighted by Gasteiger charge is 2.35. The van der Waals surface area contributed by atoms with Crippen LogP contribution in [0.5, 0.6) is 0 Å². The molecule has 1 N–H and O–H groups in total. The minimum absolute atomic E-state index is 0.169. The van der Waals surface area contributed by atoms with Crippen LogP contribution >= 0.6 is 34.4 Å². The molecule has 0 aliphatic carbocycles. The second kappa shape index (κ2) is 11.1. The van der Waals surface area contributed by atoms with Crippen LogP contribution in [0.2, 0.25) is 0 Å². The van der Waals surface area contributed by atoms with E-state index in [0.717, 1.165) is 27.7 Å². The molecule has 1 aromatic carbocycles. The fourth-order valence-electron chi connectivity index (χ4n) is 2.53. The molecule has 0 spiro atoms. The molecule has 25 heavy (non-hydrogen) atoms. The predicted molar refractivity (Wildman–Crippen MR) is 111 cm³/mol. The van der Waals surface area contributed by atoms with E-state index in [4.69, 9.17) is 4.74 Å². The van der Waals surface area contributed by atoms with E-state index in [1.54, 1.807) is 18.7 Å². The molecule has 0 bridgehead atoms. The lowest BCUT2D eigenvalue weighted by molar-refractivity contribution is -0.143. The second-order valence-electron chi connectivity index (χ2n) is 6.44. The van der Waals surface area contributed by atoms with Crippen LogP contribution in [0.15, 0.2) is 24.3 Å². The molecular formula is C19H27IO4S. The topological polar surface area (TPSA) is 63.6 Å². The summed E-state index contributed by atoms with van der Waals surface area (Å²) in [7, 11) is 0. The lowest BCUT2D eigenvalue weighted by atomic mass is 9.77. The Bertz CT molecular complexity index is 578. The highest BCUT2D eigenvalue weighted by molar-refractivity contribution is 14.1. The molecule has 0 amide bonds. The normalized spacial score (nSPS) is 14.6. The molecule has 4 nitrogen and oxygen atoms in total. The van der Waals surface area contributed by atoms with E-state index in [1.165, 1.54) is 0 Å². The highest BCUT2D eigenvalue weighted by Crippen LogP contribution is 2.32. The van der Waals surface area contributed by atoms with Crippen molar-refractivity contribution in [2.75, 3.05) is 18.1 Å². The van der Waals surface area contributed by atoms with Gasteiger partial charge in [-0.25, -0.2) is 0 Å². The highest BCUT2D eigenvalue weighted by atomic mass is 127. The number of carboxylic acid groups (broad SMARTS) is 1. The Morgan fingerprint density at radius 2 is 2.08 bits per heavy atom. The summed E-state index contributed by atoms with van der Waals surface area (Å²) in [5.74, 6) is 0.731. The molecule has 0 radical (unpaired) electrons. The summed E-state index contributed by atoms with van der Waals surface area (Å²) in [6, 6.07) is 7.73. The summed E-state index contributed by atoms with van der Waals surface area (Å²) in [5.41, 5.74) is -0.0103. The number of thioether (sulfide) groups is 1. The molecule has 2 atom stereocenters. The van der Waals surface area contributed by atoms with E-state index in [9.17, 15) is 14.7 Å². The maximum Gasteiger partial charge on any atom is 0.315 e. The number of halogens is 1. The van der Waals surface area contributed by atoms with Gasteiger partial charge < -0.3 is 9.84 Å². The van der Waals surface area contributed by atoms with Crippen molar-refractivity contribution in [1.29, 1.82) is 0 Å². The number of carbonyl (C=O) groups excluding carboxylic acids is 1. The van der Waals surface area contributed by atoms with Gasteiger partial charge in [-0.2, -0.15) is 11.8 Å². The Hall–Kier alpha value is -0.760. The third kappa shape index (κ3) is 7.56. The number of esters is 1. The van der Waals surface area contributed by atoms with Crippen LogP contribution < -0.4 is 0 Å². The van der Waals surface area contributed by atoms with E-state index >= 15 is 0 Å². The van der Waals surface area contributed by atoms with Crippen LogP contribution in [0.25, 0.3) is 0 Å².